The van der Waals surface area contributed by atoms with Gasteiger partial charge in [0.1, 0.15) is 4.90 Å². The first-order valence-corrected chi connectivity index (χ1v) is 8.23. The van der Waals surface area contributed by atoms with E-state index < -0.39 is 10.0 Å². The van der Waals surface area contributed by atoms with Crippen LogP contribution in [0.2, 0.25) is 0 Å². The number of carbonyl (C=O) groups is 1. The number of rotatable bonds is 4. The Bertz CT molecular complexity index is 600. The molecule has 2 rings (SSSR count). The number of likely N-dealkylation sites (N-methyl/N-ethyl adjacent to an activating group) is 1. The zero-order chi connectivity index (χ0) is 15.5. The molecule has 23 heavy (non-hydrogen) atoms. The zero-order valence-corrected chi connectivity index (χ0v) is 15.5. The Balaban J connectivity index is 0.00000242. The fourth-order valence-corrected chi connectivity index (χ4v) is 3.30. The molecule has 1 N–H and O–H groups in total. The summed E-state index contributed by atoms with van der Waals surface area (Å²) in [5.74, 6) is -0.182. The number of nitrogens with one attached hydrogen (secondary N) is 1. The van der Waals surface area contributed by atoms with Gasteiger partial charge in [0, 0.05) is 45.1 Å². The molecule has 0 spiro atoms. The van der Waals surface area contributed by atoms with E-state index in [-0.39, 0.29) is 48.2 Å². The third-order valence-electron chi connectivity index (χ3n) is 3.42. The van der Waals surface area contributed by atoms with Crippen LogP contribution in [-0.2, 0) is 14.8 Å². The van der Waals surface area contributed by atoms with E-state index in [1.807, 2.05) is 6.92 Å². The van der Waals surface area contributed by atoms with E-state index in [2.05, 4.69) is 10.3 Å². The van der Waals surface area contributed by atoms with Crippen molar-refractivity contribution in [2.24, 2.45) is 0 Å². The lowest BCUT2D eigenvalue weighted by Gasteiger charge is -2.32. The molecule has 0 aromatic carbocycles. The Hall–Kier alpha value is -0.930. The molecule has 7 nitrogen and oxygen atoms in total. The van der Waals surface area contributed by atoms with Crippen LogP contribution >= 0.6 is 24.8 Å². The Morgan fingerprint density at radius 1 is 1.48 bits per heavy atom. The number of hydrogen-bond acceptors (Lipinski definition) is 5. The average Bonchev–Trinajstić information content (AvgIpc) is 2.48. The van der Waals surface area contributed by atoms with Crippen molar-refractivity contribution in [3.05, 3.63) is 24.5 Å². The molecule has 1 aromatic heterocycles. The second-order valence-electron chi connectivity index (χ2n) is 5.14. The molecule has 2 heterocycles. The number of aromatic nitrogens is 1. The molecule has 0 bridgehead atoms. The highest BCUT2D eigenvalue weighted by atomic mass is 35.5. The summed E-state index contributed by atoms with van der Waals surface area (Å²) in [5, 5.41) is 3.24. The maximum Gasteiger partial charge on any atom is 0.244 e. The van der Waals surface area contributed by atoms with E-state index in [9.17, 15) is 13.2 Å². The second kappa shape index (κ2) is 9.39. The van der Waals surface area contributed by atoms with Gasteiger partial charge in [-0.15, -0.1) is 24.8 Å². The van der Waals surface area contributed by atoms with Crippen molar-refractivity contribution in [2.45, 2.75) is 17.9 Å². The molecular formula is C13H22Cl2N4O3S. The summed E-state index contributed by atoms with van der Waals surface area (Å²) in [7, 11) is -2.27. The van der Waals surface area contributed by atoms with Gasteiger partial charge in [-0.05, 0) is 19.1 Å². The molecule has 1 aliphatic heterocycles. The fourth-order valence-electron chi connectivity index (χ4n) is 2.21. The molecule has 0 saturated carbocycles. The molecular weight excluding hydrogens is 363 g/mol. The number of amides is 1. The van der Waals surface area contributed by atoms with Crippen LogP contribution in [0.4, 0.5) is 0 Å². The van der Waals surface area contributed by atoms with Crippen molar-refractivity contribution in [1.29, 1.82) is 0 Å². The normalized spacial score (nSPS) is 18.0. The summed E-state index contributed by atoms with van der Waals surface area (Å²) in [6.45, 7) is 3.76. The molecule has 1 fully saturated rings. The number of pyridine rings is 1. The van der Waals surface area contributed by atoms with Gasteiger partial charge in [-0.25, -0.2) is 8.42 Å². The minimum atomic E-state index is -3.68. The summed E-state index contributed by atoms with van der Waals surface area (Å²) in [4.78, 5) is 17.8. The van der Waals surface area contributed by atoms with Crippen LogP contribution in [0.5, 0.6) is 0 Å². The van der Waals surface area contributed by atoms with E-state index >= 15 is 0 Å². The van der Waals surface area contributed by atoms with Crippen molar-refractivity contribution in [3.8, 4) is 0 Å². The highest BCUT2D eigenvalue weighted by Crippen LogP contribution is 2.12. The van der Waals surface area contributed by atoms with Crippen LogP contribution in [-0.4, -0.2) is 67.8 Å². The fraction of sp³-hybridized carbons (Fsp3) is 0.538. The predicted octanol–water partition coefficient (Wildman–Crippen LogP) is 0.366. The molecule has 0 aliphatic carbocycles. The van der Waals surface area contributed by atoms with Crippen LogP contribution in [0.1, 0.15) is 6.92 Å². The Labute approximate surface area is 149 Å². The monoisotopic (exact) mass is 384 g/mol. The Morgan fingerprint density at radius 3 is 2.74 bits per heavy atom. The quantitative estimate of drug-likeness (QED) is 0.810. The largest absolute Gasteiger partial charge is 0.339 e. The molecule has 0 radical (unpaired) electrons. The highest BCUT2D eigenvalue weighted by Gasteiger charge is 2.27. The number of halogens is 2. The van der Waals surface area contributed by atoms with Crippen molar-refractivity contribution >= 4 is 40.7 Å². The van der Waals surface area contributed by atoms with Gasteiger partial charge in [0.05, 0.1) is 6.54 Å². The standard InChI is InChI=1S/C13H20N4O3S.2ClH/c1-11-9-17(7-6-15-11)13(18)10-16(2)21(19,20)12-4-3-5-14-8-12;;/h3-5,8,11,15H,6-7,9-10H2,1-2H3;2*1H. The van der Waals surface area contributed by atoms with Crippen molar-refractivity contribution in [3.63, 3.8) is 0 Å². The van der Waals surface area contributed by atoms with Gasteiger partial charge in [0.15, 0.2) is 0 Å². The van der Waals surface area contributed by atoms with Gasteiger partial charge < -0.3 is 10.2 Å². The SMILES string of the molecule is CC1CN(C(=O)CN(C)S(=O)(=O)c2cccnc2)CCN1.Cl.Cl. The van der Waals surface area contributed by atoms with Gasteiger partial charge >= 0.3 is 0 Å². The maximum absolute atomic E-state index is 12.3. The molecule has 132 valence electrons. The van der Waals surface area contributed by atoms with Gasteiger partial charge in [-0.3, -0.25) is 9.78 Å². The summed E-state index contributed by atoms with van der Waals surface area (Å²) >= 11 is 0. The Morgan fingerprint density at radius 2 is 2.17 bits per heavy atom. The second-order valence-corrected chi connectivity index (χ2v) is 7.19. The summed E-state index contributed by atoms with van der Waals surface area (Å²) in [6, 6.07) is 3.25. The highest BCUT2D eigenvalue weighted by molar-refractivity contribution is 7.89. The lowest BCUT2D eigenvalue weighted by atomic mass is 10.2. The zero-order valence-electron chi connectivity index (χ0n) is 13.0. The first-order valence-electron chi connectivity index (χ1n) is 6.79. The molecule has 1 saturated heterocycles. The average molecular weight is 385 g/mol. The van der Waals surface area contributed by atoms with E-state index in [1.54, 1.807) is 11.0 Å². The summed E-state index contributed by atoms with van der Waals surface area (Å²) in [5.41, 5.74) is 0. The third-order valence-corrected chi connectivity index (χ3v) is 5.21. The number of piperazine rings is 1. The third kappa shape index (κ3) is 5.58. The Kier molecular flexibility index (Phi) is 9.01. The number of hydrogen-bond donors (Lipinski definition) is 1. The van der Waals surface area contributed by atoms with Crippen LogP contribution < -0.4 is 5.32 Å². The van der Waals surface area contributed by atoms with Crippen molar-refractivity contribution in [1.82, 2.24) is 19.5 Å². The van der Waals surface area contributed by atoms with Crippen LogP contribution in [0.15, 0.2) is 29.4 Å². The van der Waals surface area contributed by atoms with Gasteiger partial charge in [-0.2, -0.15) is 4.31 Å². The first kappa shape index (κ1) is 22.1. The molecule has 1 aliphatic rings. The number of nitrogens with zero attached hydrogens (tertiary/aromatic N) is 3. The predicted molar refractivity (Wildman–Crippen MR) is 92.6 cm³/mol. The first-order chi connectivity index (χ1) is 9.91. The molecule has 1 atom stereocenters. The maximum atomic E-state index is 12.3. The topological polar surface area (TPSA) is 82.6 Å². The number of sulfonamides is 1. The smallest absolute Gasteiger partial charge is 0.244 e. The van der Waals surface area contributed by atoms with E-state index in [0.29, 0.717) is 13.1 Å². The lowest BCUT2D eigenvalue weighted by Crippen LogP contribution is -2.53. The molecule has 1 unspecified atom stereocenters. The summed E-state index contributed by atoms with van der Waals surface area (Å²) in [6.07, 6.45) is 2.79. The van der Waals surface area contributed by atoms with Crippen molar-refractivity contribution in [2.75, 3.05) is 33.2 Å². The summed E-state index contributed by atoms with van der Waals surface area (Å²) < 4.78 is 25.7. The molecule has 10 heteroatoms. The van der Waals surface area contributed by atoms with Gasteiger partial charge in [0.25, 0.3) is 0 Å². The lowest BCUT2D eigenvalue weighted by molar-refractivity contribution is -0.132. The molecule has 1 amide bonds. The van der Waals surface area contributed by atoms with E-state index in [0.717, 1.165) is 10.8 Å². The van der Waals surface area contributed by atoms with Gasteiger partial charge in [0.2, 0.25) is 15.9 Å². The minimum Gasteiger partial charge on any atom is -0.339 e. The van der Waals surface area contributed by atoms with E-state index in [1.165, 1.54) is 25.5 Å². The van der Waals surface area contributed by atoms with Crippen molar-refractivity contribution < 1.29 is 13.2 Å². The van der Waals surface area contributed by atoms with Gasteiger partial charge in [-0.1, -0.05) is 0 Å². The van der Waals surface area contributed by atoms with Crippen LogP contribution in [0.25, 0.3) is 0 Å². The molecule has 1 aromatic rings. The van der Waals surface area contributed by atoms with E-state index in [4.69, 9.17) is 0 Å². The minimum absolute atomic E-state index is 0. The van der Waals surface area contributed by atoms with Crippen LogP contribution in [0.3, 0.4) is 0 Å². The van der Waals surface area contributed by atoms with Crippen LogP contribution in [0, 0.1) is 0 Å². The number of carbonyl (C=O) groups excluding carboxylic acids is 1.